The topological polar surface area (TPSA) is 25.2 Å². The van der Waals surface area contributed by atoms with Crippen LogP contribution in [0.1, 0.15) is 50.6 Å². The molecular weight excluding hydrogens is 198 g/mol. The zero-order valence-electron chi connectivity index (χ0n) is 10.4. The molecule has 1 aromatic rings. The molecule has 0 amide bonds. The highest BCUT2D eigenvalue weighted by Crippen LogP contribution is 2.38. The molecule has 2 nitrogen and oxygen atoms in total. The van der Waals surface area contributed by atoms with Crippen molar-refractivity contribution in [2.75, 3.05) is 7.05 Å². The Morgan fingerprint density at radius 1 is 1.50 bits per heavy atom. The molecule has 2 heteroatoms. The Bertz CT molecular complexity index is 294. The minimum absolute atomic E-state index is 0.480. The van der Waals surface area contributed by atoms with E-state index in [-0.39, 0.29) is 0 Å². The molecule has 3 atom stereocenters. The molecule has 0 saturated heterocycles. The van der Waals surface area contributed by atoms with Gasteiger partial charge < -0.3 is 9.73 Å². The largest absolute Gasteiger partial charge is 0.472 e. The highest BCUT2D eigenvalue weighted by molar-refractivity contribution is 5.13. The van der Waals surface area contributed by atoms with Gasteiger partial charge in [-0.05, 0) is 37.8 Å². The first-order valence-electron chi connectivity index (χ1n) is 6.54. The van der Waals surface area contributed by atoms with Gasteiger partial charge in [-0.1, -0.05) is 26.2 Å². The molecule has 0 aromatic carbocycles. The van der Waals surface area contributed by atoms with E-state index < -0.39 is 0 Å². The fraction of sp³-hybridized carbons (Fsp3) is 0.714. The Kier molecular flexibility index (Phi) is 4.05. The van der Waals surface area contributed by atoms with Gasteiger partial charge in [0.1, 0.15) is 0 Å². The molecule has 1 fully saturated rings. The van der Waals surface area contributed by atoms with Gasteiger partial charge in [0.15, 0.2) is 0 Å². The second-order valence-corrected chi connectivity index (χ2v) is 5.02. The fourth-order valence-electron chi connectivity index (χ4n) is 3.13. The average molecular weight is 221 g/mol. The molecule has 1 aliphatic carbocycles. The quantitative estimate of drug-likeness (QED) is 0.837. The summed E-state index contributed by atoms with van der Waals surface area (Å²) < 4.78 is 5.20. The molecule has 90 valence electrons. The Morgan fingerprint density at radius 2 is 2.38 bits per heavy atom. The number of rotatable bonds is 4. The van der Waals surface area contributed by atoms with Crippen molar-refractivity contribution in [3.05, 3.63) is 24.2 Å². The zero-order valence-corrected chi connectivity index (χ0v) is 10.4. The summed E-state index contributed by atoms with van der Waals surface area (Å²) in [6.07, 6.45) is 10.5. The first kappa shape index (κ1) is 11.7. The normalized spacial score (nSPS) is 27.9. The summed E-state index contributed by atoms with van der Waals surface area (Å²) in [5.41, 5.74) is 1.31. The van der Waals surface area contributed by atoms with Crippen LogP contribution in [0.5, 0.6) is 0 Å². The minimum atomic E-state index is 0.480. The summed E-state index contributed by atoms with van der Waals surface area (Å²) in [4.78, 5) is 0. The van der Waals surface area contributed by atoms with Crippen LogP contribution in [0.15, 0.2) is 23.0 Å². The molecular formula is C14H23NO. The maximum atomic E-state index is 5.20. The SMILES string of the molecule is CCC1CCCC(C(NC)c2ccoc2)C1. The van der Waals surface area contributed by atoms with E-state index >= 15 is 0 Å². The van der Waals surface area contributed by atoms with Crippen molar-refractivity contribution >= 4 is 0 Å². The third-order valence-corrected chi connectivity index (χ3v) is 4.09. The molecule has 1 aliphatic rings. The van der Waals surface area contributed by atoms with Crippen LogP contribution in [0.25, 0.3) is 0 Å². The van der Waals surface area contributed by atoms with Gasteiger partial charge >= 0.3 is 0 Å². The van der Waals surface area contributed by atoms with Gasteiger partial charge in [-0.3, -0.25) is 0 Å². The zero-order chi connectivity index (χ0) is 11.4. The lowest BCUT2D eigenvalue weighted by Gasteiger charge is -2.33. The van der Waals surface area contributed by atoms with Gasteiger partial charge in [0, 0.05) is 11.6 Å². The molecule has 0 aliphatic heterocycles. The molecule has 2 rings (SSSR count). The monoisotopic (exact) mass is 221 g/mol. The van der Waals surface area contributed by atoms with Crippen LogP contribution in [-0.4, -0.2) is 7.05 Å². The van der Waals surface area contributed by atoms with Crippen LogP contribution in [0.4, 0.5) is 0 Å². The predicted octanol–water partition coefficient (Wildman–Crippen LogP) is 3.76. The smallest absolute Gasteiger partial charge is 0.0950 e. The van der Waals surface area contributed by atoms with Gasteiger partial charge in [-0.25, -0.2) is 0 Å². The summed E-state index contributed by atoms with van der Waals surface area (Å²) in [6, 6.07) is 2.57. The molecule has 0 radical (unpaired) electrons. The Hall–Kier alpha value is -0.760. The Balaban J connectivity index is 2.03. The molecule has 0 bridgehead atoms. The fourth-order valence-corrected chi connectivity index (χ4v) is 3.13. The van der Waals surface area contributed by atoms with Crippen molar-refractivity contribution in [3.63, 3.8) is 0 Å². The second-order valence-electron chi connectivity index (χ2n) is 5.02. The van der Waals surface area contributed by atoms with Crippen molar-refractivity contribution < 1.29 is 4.42 Å². The Morgan fingerprint density at radius 3 is 3.00 bits per heavy atom. The molecule has 1 heterocycles. The van der Waals surface area contributed by atoms with Gasteiger partial charge in [0.05, 0.1) is 12.5 Å². The predicted molar refractivity (Wildman–Crippen MR) is 66.2 cm³/mol. The van der Waals surface area contributed by atoms with E-state index in [0.29, 0.717) is 6.04 Å². The maximum absolute atomic E-state index is 5.20. The van der Waals surface area contributed by atoms with Gasteiger partial charge in [0.2, 0.25) is 0 Å². The van der Waals surface area contributed by atoms with E-state index in [1.165, 1.54) is 37.7 Å². The first-order chi connectivity index (χ1) is 7.85. The summed E-state index contributed by atoms with van der Waals surface area (Å²) in [6.45, 7) is 2.32. The number of furan rings is 1. The minimum Gasteiger partial charge on any atom is -0.472 e. The van der Waals surface area contributed by atoms with Crippen molar-refractivity contribution in [2.24, 2.45) is 11.8 Å². The molecule has 16 heavy (non-hydrogen) atoms. The maximum Gasteiger partial charge on any atom is 0.0950 e. The molecule has 1 saturated carbocycles. The van der Waals surface area contributed by atoms with Crippen LogP contribution in [0.3, 0.4) is 0 Å². The van der Waals surface area contributed by atoms with Crippen LogP contribution in [0, 0.1) is 11.8 Å². The number of hydrogen-bond donors (Lipinski definition) is 1. The van der Waals surface area contributed by atoms with E-state index in [1.807, 2.05) is 6.26 Å². The third-order valence-electron chi connectivity index (χ3n) is 4.09. The molecule has 0 spiro atoms. The van der Waals surface area contributed by atoms with E-state index in [0.717, 1.165) is 11.8 Å². The number of nitrogens with one attached hydrogen (secondary N) is 1. The summed E-state index contributed by atoms with van der Waals surface area (Å²) in [5, 5.41) is 3.46. The number of hydrogen-bond acceptors (Lipinski definition) is 2. The van der Waals surface area contributed by atoms with Gasteiger partial charge in [0.25, 0.3) is 0 Å². The lowest BCUT2D eigenvalue weighted by atomic mass is 9.75. The molecule has 3 unspecified atom stereocenters. The Labute approximate surface area is 98.4 Å². The standard InChI is InChI=1S/C14H23NO/c1-3-11-5-4-6-12(9-11)14(15-2)13-7-8-16-10-13/h7-8,10-12,14-15H,3-6,9H2,1-2H3. The summed E-state index contributed by atoms with van der Waals surface area (Å²) in [5.74, 6) is 1.71. The van der Waals surface area contributed by atoms with Gasteiger partial charge in [-0.15, -0.1) is 0 Å². The second kappa shape index (κ2) is 5.53. The molecule has 1 N–H and O–H groups in total. The van der Waals surface area contributed by atoms with E-state index in [4.69, 9.17) is 4.42 Å². The van der Waals surface area contributed by atoms with Crippen LogP contribution in [-0.2, 0) is 0 Å². The van der Waals surface area contributed by atoms with Crippen molar-refractivity contribution in [3.8, 4) is 0 Å². The lowest BCUT2D eigenvalue weighted by molar-refractivity contribution is 0.214. The van der Waals surface area contributed by atoms with E-state index in [1.54, 1.807) is 6.26 Å². The van der Waals surface area contributed by atoms with Crippen LogP contribution < -0.4 is 5.32 Å². The van der Waals surface area contributed by atoms with Crippen LogP contribution >= 0.6 is 0 Å². The summed E-state index contributed by atoms with van der Waals surface area (Å²) in [7, 11) is 2.06. The first-order valence-corrected chi connectivity index (χ1v) is 6.54. The molecule has 1 aromatic heterocycles. The average Bonchev–Trinajstić information content (AvgIpc) is 2.84. The third kappa shape index (κ3) is 2.49. The highest BCUT2D eigenvalue weighted by atomic mass is 16.3. The van der Waals surface area contributed by atoms with Crippen molar-refractivity contribution in [1.29, 1.82) is 0 Å². The highest BCUT2D eigenvalue weighted by Gasteiger charge is 2.28. The van der Waals surface area contributed by atoms with Crippen molar-refractivity contribution in [1.82, 2.24) is 5.32 Å². The van der Waals surface area contributed by atoms with Crippen molar-refractivity contribution in [2.45, 2.75) is 45.1 Å². The van der Waals surface area contributed by atoms with Gasteiger partial charge in [-0.2, -0.15) is 0 Å². The van der Waals surface area contributed by atoms with E-state index in [2.05, 4.69) is 25.4 Å². The lowest BCUT2D eigenvalue weighted by Crippen LogP contribution is -2.29. The summed E-state index contributed by atoms with van der Waals surface area (Å²) >= 11 is 0. The van der Waals surface area contributed by atoms with E-state index in [9.17, 15) is 0 Å². The van der Waals surface area contributed by atoms with Crippen LogP contribution in [0.2, 0.25) is 0 Å².